The summed E-state index contributed by atoms with van der Waals surface area (Å²) < 4.78 is 65.8. The number of aryl methyl sites for hydroxylation is 1. The average molecular weight is 518 g/mol. The predicted octanol–water partition coefficient (Wildman–Crippen LogP) is 3.55. The number of rotatable bonds is 5. The zero-order valence-electron chi connectivity index (χ0n) is 19.4. The molecule has 0 radical (unpaired) electrons. The molecule has 0 bridgehead atoms. The van der Waals surface area contributed by atoms with E-state index < -0.39 is 50.1 Å². The third-order valence-corrected chi connectivity index (χ3v) is 9.36. The van der Waals surface area contributed by atoms with Crippen LogP contribution in [0.4, 0.5) is 19.0 Å². The molecule has 0 amide bonds. The van der Waals surface area contributed by atoms with Gasteiger partial charge in [-0.3, -0.25) is 9.36 Å². The van der Waals surface area contributed by atoms with Crippen molar-refractivity contribution in [1.82, 2.24) is 14.5 Å². The van der Waals surface area contributed by atoms with E-state index in [-0.39, 0.29) is 46.9 Å². The Hall–Kier alpha value is -3.46. The van der Waals surface area contributed by atoms with Crippen molar-refractivity contribution in [3.63, 3.8) is 0 Å². The summed E-state index contributed by atoms with van der Waals surface area (Å²) in [5, 5.41) is 13.4. The van der Waals surface area contributed by atoms with Gasteiger partial charge in [0, 0.05) is 23.6 Å². The fourth-order valence-electron chi connectivity index (χ4n) is 5.73. The molecule has 36 heavy (non-hydrogen) atoms. The maximum absolute atomic E-state index is 14.7. The van der Waals surface area contributed by atoms with Crippen LogP contribution in [0.1, 0.15) is 48.9 Å². The number of anilines is 1. The Kier molecular flexibility index (Phi) is 5.41. The number of sulfone groups is 1. The summed E-state index contributed by atoms with van der Waals surface area (Å²) >= 11 is 0. The zero-order chi connectivity index (χ0) is 26.0. The minimum absolute atomic E-state index is 0.00794. The average Bonchev–Trinajstić information content (AvgIpc) is 2.78. The summed E-state index contributed by atoms with van der Waals surface area (Å²) in [6.45, 7) is 1.59. The van der Waals surface area contributed by atoms with Gasteiger partial charge in [-0.1, -0.05) is 18.2 Å². The Morgan fingerprint density at radius 1 is 1.19 bits per heavy atom. The lowest BCUT2D eigenvalue weighted by molar-refractivity contribution is 0.0887. The SMILES string of the molecule is C[C@@H](Nc1ncnc2c1cc(C1(C#N)CC3(C1)CS(=O)(=O)C3)c(=O)n2C)c1cccc(C(F)F)c1F. The molecule has 3 heterocycles. The van der Waals surface area contributed by atoms with E-state index in [0.29, 0.717) is 5.39 Å². The van der Waals surface area contributed by atoms with Crippen molar-refractivity contribution in [1.29, 1.82) is 5.26 Å². The second kappa shape index (κ2) is 8.03. The van der Waals surface area contributed by atoms with Crippen LogP contribution in [0, 0.1) is 22.6 Å². The molecule has 1 atom stereocenters. The minimum atomic E-state index is -3.10. The van der Waals surface area contributed by atoms with Crippen LogP contribution in [0.25, 0.3) is 11.0 Å². The smallest absolute Gasteiger partial charge is 0.266 e. The Morgan fingerprint density at radius 2 is 1.86 bits per heavy atom. The molecule has 0 unspecified atom stereocenters. The summed E-state index contributed by atoms with van der Waals surface area (Å²) in [6.07, 6.45) is -1.23. The first kappa shape index (κ1) is 24.2. The molecule has 1 spiro atoms. The van der Waals surface area contributed by atoms with Crippen LogP contribution >= 0.6 is 0 Å². The molecule has 2 aliphatic rings. The lowest BCUT2D eigenvalue weighted by Gasteiger charge is -2.57. The summed E-state index contributed by atoms with van der Waals surface area (Å²) in [7, 11) is -1.60. The largest absolute Gasteiger partial charge is 0.363 e. The quantitative estimate of drug-likeness (QED) is 0.550. The topological polar surface area (TPSA) is 118 Å². The third kappa shape index (κ3) is 3.64. The maximum atomic E-state index is 14.7. The summed E-state index contributed by atoms with van der Waals surface area (Å²) in [5.74, 6) is -0.765. The van der Waals surface area contributed by atoms with E-state index in [1.807, 2.05) is 0 Å². The van der Waals surface area contributed by atoms with Crippen molar-refractivity contribution in [3.05, 3.63) is 63.5 Å². The zero-order valence-corrected chi connectivity index (χ0v) is 20.2. The van der Waals surface area contributed by atoms with E-state index in [2.05, 4.69) is 21.4 Å². The molecule has 5 rings (SSSR count). The van der Waals surface area contributed by atoms with Gasteiger partial charge in [0.2, 0.25) is 0 Å². The van der Waals surface area contributed by atoms with Gasteiger partial charge in [0.1, 0.15) is 23.6 Å². The van der Waals surface area contributed by atoms with Crippen molar-refractivity contribution in [2.75, 3.05) is 16.8 Å². The second-order valence-corrected chi connectivity index (χ2v) is 11.9. The number of benzene rings is 1. The highest BCUT2D eigenvalue weighted by molar-refractivity contribution is 7.92. The van der Waals surface area contributed by atoms with E-state index in [1.165, 1.54) is 36.1 Å². The Balaban J connectivity index is 1.55. The van der Waals surface area contributed by atoms with Crippen LogP contribution in [0.15, 0.2) is 35.4 Å². The molecule has 1 saturated heterocycles. The molecular formula is C24H22F3N5O3S. The van der Waals surface area contributed by atoms with E-state index in [4.69, 9.17) is 0 Å². The van der Waals surface area contributed by atoms with Crippen LogP contribution in [-0.4, -0.2) is 34.5 Å². The number of hydrogen-bond donors (Lipinski definition) is 1. The molecule has 2 aromatic heterocycles. The van der Waals surface area contributed by atoms with Crippen LogP contribution < -0.4 is 10.9 Å². The van der Waals surface area contributed by atoms with E-state index >= 15 is 0 Å². The molecule has 1 aromatic carbocycles. The number of nitriles is 1. The molecular weight excluding hydrogens is 495 g/mol. The highest BCUT2D eigenvalue weighted by Crippen LogP contribution is 2.60. The first-order valence-electron chi connectivity index (χ1n) is 11.2. The van der Waals surface area contributed by atoms with Gasteiger partial charge in [0.15, 0.2) is 9.84 Å². The number of nitrogens with zero attached hydrogens (tertiary/aromatic N) is 4. The number of alkyl halides is 2. The van der Waals surface area contributed by atoms with E-state index in [9.17, 15) is 31.6 Å². The monoisotopic (exact) mass is 517 g/mol. The van der Waals surface area contributed by atoms with Crippen LogP contribution in [0.2, 0.25) is 0 Å². The molecule has 1 N–H and O–H groups in total. The van der Waals surface area contributed by atoms with Gasteiger partial charge in [-0.2, -0.15) is 5.26 Å². The lowest BCUT2D eigenvalue weighted by atomic mass is 9.52. The molecule has 188 valence electrons. The fourth-order valence-corrected chi connectivity index (χ4v) is 7.92. The molecule has 2 fully saturated rings. The Labute approximate surface area is 204 Å². The van der Waals surface area contributed by atoms with Crippen LogP contribution in [0.3, 0.4) is 0 Å². The molecule has 8 nitrogen and oxygen atoms in total. The predicted molar refractivity (Wildman–Crippen MR) is 126 cm³/mol. The molecule has 3 aromatic rings. The Morgan fingerprint density at radius 3 is 2.47 bits per heavy atom. The molecule has 1 aliphatic heterocycles. The normalized spacial score (nSPS) is 19.9. The molecule has 1 saturated carbocycles. The highest BCUT2D eigenvalue weighted by Gasteiger charge is 2.64. The van der Waals surface area contributed by atoms with Crippen molar-refractivity contribution in [3.8, 4) is 6.07 Å². The van der Waals surface area contributed by atoms with Crippen molar-refractivity contribution in [2.24, 2.45) is 12.5 Å². The Bertz CT molecular complexity index is 1590. The number of aromatic nitrogens is 3. The lowest BCUT2D eigenvalue weighted by Crippen LogP contribution is -2.63. The summed E-state index contributed by atoms with van der Waals surface area (Å²) in [4.78, 5) is 21.6. The highest BCUT2D eigenvalue weighted by atomic mass is 32.2. The third-order valence-electron chi connectivity index (χ3n) is 7.25. The second-order valence-electron chi connectivity index (χ2n) is 9.88. The van der Waals surface area contributed by atoms with E-state index in [0.717, 1.165) is 6.07 Å². The molecule has 12 heteroatoms. The van der Waals surface area contributed by atoms with Crippen LogP contribution in [0.5, 0.6) is 0 Å². The van der Waals surface area contributed by atoms with Gasteiger partial charge in [-0.05, 0) is 25.8 Å². The van der Waals surface area contributed by atoms with Gasteiger partial charge >= 0.3 is 0 Å². The van der Waals surface area contributed by atoms with Crippen molar-refractivity contribution >= 4 is 26.7 Å². The summed E-state index contributed by atoms with van der Waals surface area (Å²) in [5.41, 5.74) is -2.25. The van der Waals surface area contributed by atoms with Gasteiger partial charge in [0.05, 0.1) is 40.0 Å². The van der Waals surface area contributed by atoms with Gasteiger partial charge in [-0.15, -0.1) is 0 Å². The number of nitrogens with one attached hydrogen (secondary N) is 1. The number of fused-ring (bicyclic) bond motifs is 1. The standard InChI is InChI=1S/C24H22F3N5O3S/c1-13(14-4-3-5-15(18(14)25)19(26)27)31-20-16-6-17(22(33)32(2)21(16)30-12-29-20)24(9-28)7-23(8-24)10-36(34,35)11-23/h3-6,12-13,19H,7-8,10-11H2,1-2H3,(H,29,30,31)/t13-/m1/s1. The molecule has 1 aliphatic carbocycles. The fraction of sp³-hybridized carbons (Fsp3) is 0.417. The summed E-state index contributed by atoms with van der Waals surface area (Å²) in [6, 6.07) is 6.77. The number of pyridine rings is 1. The maximum Gasteiger partial charge on any atom is 0.266 e. The number of hydrogen-bond acceptors (Lipinski definition) is 7. The number of halogens is 3. The van der Waals surface area contributed by atoms with Crippen LogP contribution in [-0.2, 0) is 22.3 Å². The van der Waals surface area contributed by atoms with E-state index in [1.54, 1.807) is 6.92 Å². The van der Waals surface area contributed by atoms with Crippen molar-refractivity contribution < 1.29 is 21.6 Å². The minimum Gasteiger partial charge on any atom is -0.363 e. The van der Waals surface area contributed by atoms with Gasteiger partial charge in [-0.25, -0.2) is 31.6 Å². The first-order chi connectivity index (χ1) is 16.9. The van der Waals surface area contributed by atoms with Gasteiger partial charge < -0.3 is 5.32 Å². The first-order valence-corrected chi connectivity index (χ1v) is 13.0. The van der Waals surface area contributed by atoms with Gasteiger partial charge in [0.25, 0.3) is 12.0 Å². The van der Waals surface area contributed by atoms with Crippen molar-refractivity contribution in [2.45, 2.75) is 37.6 Å².